The van der Waals surface area contributed by atoms with Crippen LogP contribution in [0, 0.1) is 5.82 Å². The highest BCUT2D eigenvalue weighted by Crippen LogP contribution is 2.40. The molecule has 3 nitrogen and oxygen atoms in total. The summed E-state index contributed by atoms with van der Waals surface area (Å²) in [6.45, 7) is 0.358. The molecule has 3 aromatic rings. The molecule has 4 rings (SSSR count). The third kappa shape index (κ3) is 1.96. The first kappa shape index (κ1) is 12.6. The molecule has 0 unspecified atom stereocenters. The summed E-state index contributed by atoms with van der Waals surface area (Å²) in [5.41, 5.74) is 2.64. The Bertz CT molecular complexity index is 830. The summed E-state index contributed by atoms with van der Waals surface area (Å²) in [6, 6.07) is 14.4. The highest BCUT2D eigenvalue weighted by molar-refractivity contribution is 9.10. The Balaban J connectivity index is 1.96. The Labute approximate surface area is 129 Å². The van der Waals surface area contributed by atoms with Crippen LogP contribution >= 0.6 is 15.9 Å². The van der Waals surface area contributed by atoms with E-state index in [0.29, 0.717) is 23.9 Å². The lowest BCUT2D eigenvalue weighted by molar-refractivity contribution is 0.231. The zero-order valence-electron chi connectivity index (χ0n) is 10.9. The number of benzene rings is 2. The minimum absolute atomic E-state index is 0.300. The van der Waals surface area contributed by atoms with Crippen molar-refractivity contribution < 1.29 is 9.13 Å². The Kier molecular flexibility index (Phi) is 2.82. The summed E-state index contributed by atoms with van der Waals surface area (Å²) in [5.74, 6) is 1.06. The van der Waals surface area contributed by atoms with Crippen molar-refractivity contribution in [3.05, 3.63) is 59.0 Å². The van der Waals surface area contributed by atoms with Crippen molar-refractivity contribution in [1.82, 2.24) is 9.55 Å². The van der Waals surface area contributed by atoms with Crippen molar-refractivity contribution >= 4 is 15.9 Å². The maximum absolute atomic E-state index is 13.5. The Morgan fingerprint density at radius 3 is 2.76 bits per heavy atom. The number of imidazole rings is 1. The number of rotatable bonds is 1. The molecular weight excluding hydrogens is 335 g/mol. The van der Waals surface area contributed by atoms with Crippen molar-refractivity contribution in [2.24, 2.45) is 0 Å². The fraction of sp³-hybridized carbons (Fsp3) is 0.0625. The van der Waals surface area contributed by atoms with E-state index >= 15 is 0 Å². The largest absolute Gasteiger partial charge is 0.472 e. The second kappa shape index (κ2) is 4.70. The number of hydrogen-bond donors (Lipinski definition) is 0. The zero-order chi connectivity index (χ0) is 14.4. The maximum Gasteiger partial charge on any atom is 0.167 e. The third-order valence-corrected chi connectivity index (χ3v) is 4.06. The van der Waals surface area contributed by atoms with E-state index in [0.717, 1.165) is 15.9 Å². The van der Waals surface area contributed by atoms with E-state index in [4.69, 9.17) is 4.74 Å². The highest BCUT2D eigenvalue weighted by Gasteiger charge is 2.25. The van der Waals surface area contributed by atoms with Crippen LogP contribution < -0.4 is 4.74 Å². The Morgan fingerprint density at radius 2 is 1.95 bits per heavy atom. The summed E-state index contributed by atoms with van der Waals surface area (Å²) >= 11 is 3.50. The molecule has 0 aliphatic carbocycles. The number of nitrogens with zero attached hydrogens (tertiary/aromatic N) is 2. The predicted molar refractivity (Wildman–Crippen MR) is 81.4 cm³/mol. The molecule has 21 heavy (non-hydrogen) atoms. The smallest absolute Gasteiger partial charge is 0.167 e. The molecule has 2 aromatic carbocycles. The van der Waals surface area contributed by atoms with E-state index in [-0.39, 0.29) is 5.82 Å². The normalized spacial score (nSPS) is 12.5. The van der Waals surface area contributed by atoms with E-state index in [1.54, 1.807) is 6.07 Å². The van der Waals surface area contributed by atoms with Crippen LogP contribution in [-0.4, -0.2) is 9.55 Å². The fourth-order valence-corrected chi connectivity index (χ4v) is 3.17. The topological polar surface area (TPSA) is 27.1 Å². The van der Waals surface area contributed by atoms with E-state index in [1.807, 2.05) is 34.9 Å². The molecule has 1 aliphatic rings. The quantitative estimate of drug-likeness (QED) is 0.651. The van der Waals surface area contributed by atoms with Crippen molar-refractivity contribution in [2.45, 2.75) is 6.73 Å². The van der Waals surface area contributed by atoms with Crippen molar-refractivity contribution in [3.63, 3.8) is 0 Å². The molecule has 0 atom stereocenters. The van der Waals surface area contributed by atoms with E-state index in [9.17, 15) is 4.39 Å². The summed E-state index contributed by atoms with van der Waals surface area (Å²) in [5, 5.41) is 0. The summed E-state index contributed by atoms with van der Waals surface area (Å²) in [6.07, 6.45) is 0. The SMILES string of the molecule is Fc1ccc2c(c1)-c1nc(Br)c(-c3ccccc3)n1CO2. The second-order valence-electron chi connectivity index (χ2n) is 4.78. The third-order valence-electron chi connectivity index (χ3n) is 3.50. The van der Waals surface area contributed by atoms with Crippen molar-refractivity contribution in [2.75, 3.05) is 0 Å². The summed E-state index contributed by atoms with van der Waals surface area (Å²) < 4.78 is 21.9. The van der Waals surface area contributed by atoms with Gasteiger partial charge in [-0.1, -0.05) is 30.3 Å². The molecule has 0 N–H and O–H groups in total. The van der Waals surface area contributed by atoms with Crippen LogP contribution in [0.2, 0.25) is 0 Å². The van der Waals surface area contributed by atoms with Gasteiger partial charge in [0.1, 0.15) is 22.0 Å². The fourth-order valence-electron chi connectivity index (χ4n) is 2.56. The molecule has 0 fully saturated rings. The molecule has 0 radical (unpaired) electrons. The zero-order valence-corrected chi connectivity index (χ0v) is 12.5. The Morgan fingerprint density at radius 1 is 1.14 bits per heavy atom. The first-order valence-electron chi connectivity index (χ1n) is 6.48. The Hall–Kier alpha value is -2.14. The van der Waals surface area contributed by atoms with Gasteiger partial charge >= 0.3 is 0 Å². The molecule has 1 aliphatic heterocycles. The molecule has 1 aromatic heterocycles. The number of aromatic nitrogens is 2. The lowest BCUT2D eigenvalue weighted by Gasteiger charge is -2.20. The van der Waals surface area contributed by atoms with Gasteiger partial charge in [0.2, 0.25) is 0 Å². The number of halogens is 2. The van der Waals surface area contributed by atoms with Crippen molar-refractivity contribution in [1.29, 1.82) is 0 Å². The summed E-state index contributed by atoms with van der Waals surface area (Å²) in [7, 11) is 0. The van der Waals surface area contributed by atoms with Gasteiger partial charge in [0, 0.05) is 5.56 Å². The van der Waals surface area contributed by atoms with Crippen LogP contribution in [0.4, 0.5) is 4.39 Å². The molecule has 0 spiro atoms. The van der Waals surface area contributed by atoms with Gasteiger partial charge in [0.05, 0.1) is 11.3 Å². The van der Waals surface area contributed by atoms with E-state index in [2.05, 4.69) is 20.9 Å². The lowest BCUT2D eigenvalue weighted by Crippen LogP contribution is -2.14. The second-order valence-corrected chi connectivity index (χ2v) is 5.53. The molecule has 5 heteroatoms. The van der Waals surface area contributed by atoms with Crippen LogP contribution in [0.25, 0.3) is 22.6 Å². The standard InChI is InChI=1S/C16H10BrFN2O/c17-15-14(10-4-2-1-3-5-10)20-9-21-13-7-6-11(18)8-12(13)16(20)19-15/h1-8H,9H2. The number of ether oxygens (including phenoxy) is 1. The average molecular weight is 345 g/mol. The van der Waals surface area contributed by atoms with Crippen LogP contribution in [-0.2, 0) is 6.73 Å². The van der Waals surface area contributed by atoms with Gasteiger partial charge < -0.3 is 4.74 Å². The average Bonchev–Trinajstić information content (AvgIpc) is 2.84. The van der Waals surface area contributed by atoms with Crippen LogP contribution in [0.1, 0.15) is 0 Å². The lowest BCUT2D eigenvalue weighted by atomic mass is 10.1. The van der Waals surface area contributed by atoms with Gasteiger partial charge in [0.25, 0.3) is 0 Å². The van der Waals surface area contributed by atoms with Gasteiger partial charge in [0.15, 0.2) is 6.73 Å². The maximum atomic E-state index is 13.5. The molecule has 2 heterocycles. The number of fused-ring (bicyclic) bond motifs is 3. The first-order chi connectivity index (χ1) is 10.2. The van der Waals surface area contributed by atoms with Crippen molar-refractivity contribution in [3.8, 4) is 28.4 Å². The van der Waals surface area contributed by atoms with Crippen LogP contribution in [0.3, 0.4) is 0 Å². The van der Waals surface area contributed by atoms with Gasteiger partial charge in [-0.05, 0) is 34.1 Å². The van der Waals surface area contributed by atoms with Gasteiger partial charge in [-0.3, -0.25) is 4.57 Å². The molecule has 104 valence electrons. The molecule has 0 saturated heterocycles. The summed E-state index contributed by atoms with van der Waals surface area (Å²) in [4.78, 5) is 4.54. The minimum atomic E-state index is -0.300. The monoisotopic (exact) mass is 344 g/mol. The van der Waals surface area contributed by atoms with E-state index < -0.39 is 0 Å². The van der Waals surface area contributed by atoms with Crippen LogP contribution in [0.15, 0.2) is 53.1 Å². The van der Waals surface area contributed by atoms with Gasteiger partial charge in [-0.25, -0.2) is 9.37 Å². The minimum Gasteiger partial charge on any atom is -0.472 e. The molecule has 0 amide bonds. The highest BCUT2D eigenvalue weighted by atomic mass is 79.9. The molecule has 0 saturated carbocycles. The van der Waals surface area contributed by atoms with Gasteiger partial charge in [-0.15, -0.1) is 0 Å². The molecular formula is C16H10BrFN2O. The molecule has 0 bridgehead atoms. The predicted octanol–water partition coefficient (Wildman–Crippen LogP) is 4.47. The van der Waals surface area contributed by atoms with Crippen LogP contribution in [0.5, 0.6) is 5.75 Å². The first-order valence-corrected chi connectivity index (χ1v) is 7.27. The van der Waals surface area contributed by atoms with Gasteiger partial charge in [-0.2, -0.15) is 0 Å². The number of hydrogen-bond acceptors (Lipinski definition) is 2. The van der Waals surface area contributed by atoms with E-state index in [1.165, 1.54) is 12.1 Å².